The second kappa shape index (κ2) is 5.74. The summed E-state index contributed by atoms with van der Waals surface area (Å²) < 4.78 is 22.9. The highest BCUT2D eigenvalue weighted by Crippen LogP contribution is 2.18. The van der Waals surface area contributed by atoms with Crippen LogP contribution in [-0.4, -0.2) is 60.6 Å². The van der Waals surface area contributed by atoms with Crippen molar-refractivity contribution in [3.8, 4) is 0 Å². The molecule has 1 N–H and O–H groups in total. The fourth-order valence-electron chi connectivity index (χ4n) is 2.15. The predicted octanol–water partition coefficient (Wildman–Crippen LogP) is 0.167. The number of rotatable bonds is 4. The van der Waals surface area contributed by atoms with Crippen LogP contribution in [0.15, 0.2) is 12.1 Å². The molecule has 1 aromatic rings. The molecule has 7 nitrogen and oxygen atoms in total. The van der Waals surface area contributed by atoms with Gasteiger partial charge < -0.3 is 10.2 Å². The molecule has 2 heterocycles. The highest BCUT2D eigenvalue weighted by atomic mass is 32.2. The van der Waals surface area contributed by atoms with Crippen LogP contribution >= 0.6 is 0 Å². The van der Waals surface area contributed by atoms with Crippen LogP contribution in [0, 0.1) is 0 Å². The molecule has 0 spiro atoms. The first-order valence-corrected chi connectivity index (χ1v) is 8.30. The molecule has 2 rings (SSSR count). The summed E-state index contributed by atoms with van der Waals surface area (Å²) in [6.07, 6.45) is 0.480. The minimum absolute atomic E-state index is 0.0259. The standard InChI is InChI=1S/C12H18N4O3S/c1-3-13-11-5-4-10(14-15-11)12(17)16(2)9-6-7-20(18,19)8-9/h4-5,9H,3,6-8H2,1-2H3,(H,13,15). The van der Waals surface area contributed by atoms with Crippen LogP contribution in [-0.2, 0) is 9.84 Å². The number of hydrogen-bond donors (Lipinski definition) is 1. The first-order valence-electron chi connectivity index (χ1n) is 6.48. The van der Waals surface area contributed by atoms with Gasteiger partial charge in [-0.05, 0) is 25.5 Å². The molecule has 1 fully saturated rings. The average molecular weight is 298 g/mol. The van der Waals surface area contributed by atoms with Crippen LogP contribution in [0.4, 0.5) is 5.82 Å². The van der Waals surface area contributed by atoms with Crippen molar-refractivity contribution in [3.05, 3.63) is 17.8 Å². The van der Waals surface area contributed by atoms with E-state index in [4.69, 9.17) is 0 Å². The summed E-state index contributed by atoms with van der Waals surface area (Å²) in [5, 5.41) is 10.8. The zero-order valence-electron chi connectivity index (χ0n) is 11.5. The molecule has 1 atom stereocenters. The van der Waals surface area contributed by atoms with Crippen molar-refractivity contribution in [2.75, 3.05) is 30.4 Å². The number of hydrogen-bond acceptors (Lipinski definition) is 6. The van der Waals surface area contributed by atoms with E-state index >= 15 is 0 Å². The van der Waals surface area contributed by atoms with Gasteiger partial charge in [0, 0.05) is 19.6 Å². The van der Waals surface area contributed by atoms with Crippen molar-refractivity contribution in [3.63, 3.8) is 0 Å². The Hall–Kier alpha value is -1.70. The Labute approximate surface area is 118 Å². The molecule has 1 aliphatic heterocycles. The Kier molecular flexibility index (Phi) is 4.22. The van der Waals surface area contributed by atoms with Crippen LogP contribution in [0.2, 0.25) is 0 Å². The van der Waals surface area contributed by atoms with Gasteiger partial charge in [-0.3, -0.25) is 4.79 Å². The van der Waals surface area contributed by atoms with Crippen LogP contribution in [0.3, 0.4) is 0 Å². The Morgan fingerprint density at radius 3 is 2.70 bits per heavy atom. The van der Waals surface area contributed by atoms with Gasteiger partial charge in [0.25, 0.3) is 5.91 Å². The molecule has 1 aliphatic rings. The lowest BCUT2D eigenvalue weighted by atomic mass is 10.2. The molecule has 1 saturated heterocycles. The van der Waals surface area contributed by atoms with E-state index in [0.29, 0.717) is 12.2 Å². The molecular weight excluding hydrogens is 280 g/mol. The lowest BCUT2D eigenvalue weighted by Crippen LogP contribution is -2.38. The Morgan fingerprint density at radius 2 is 2.20 bits per heavy atom. The summed E-state index contributed by atoms with van der Waals surface area (Å²) in [5.74, 6) is 0.469. The van der Waals surface area contributed by atoms with Gasteiger partial charge in [0.2, 0.25) is 0 Å². The summed E-state index contributed by atoms with van der Waals surface area (Å²) in [6, 6.07) is 3.00. The smallest absolute Gasteiger partial charge is 0.274 e. The summed E-state index contributed by atoms with van der Waals surface area (Å²) in [5.41, 5.74) is 0.221. The number of carbonyl (C=O) groups is 1. The molecule has 0 saturated carbocycles. The van der Waals surface area contributed by atoms with E-state index in [2.05, 4.69) is 15.5 Å². The van der Waals surface area contributed by atoms with Crippen molar-refractivity contribution in [2.45, 2.75) is 19.4 Å². The molecule has 1 aromatic heterocycles. The summed E-state index contributed by atoms with van der Waals surface area (Å²) >= 11 is 0. The van der Waals surface area contributed by atoms with E-state index in [1.807, 2.05) is 6.92 Å². The van der Waals surface area contributed by atoms with Crippen molar-refractivity contribution in [1.29, 1.82) is 0 Å². The Balaban J connectivity index is 2.07. The normalized spacial score (nSPS) is 20.6. The summed E-state index contributed by atoms with van der Waals surface area (Å²) in [7, 11) is -1.41. The third-order valence-corrected chi connectivity index (χ3v) is 5.07. The van der Waals surface area contributed by atoms with Crippen LogP contribution in [0.25, 0.3) is 0 Å². The molecule has 110 valence electrons. The van der Waals surface area contributed by atoms with E-state index in [-0.39, 0.29) is 29.1 Å². The Bertz CT molecular complexity index is 585. The van der Waals surface area contributed by atoms with Gasteiger partial charge in [0.1, 0.15) is 5.82 Å². The number of amides is 1. The van der Waals surface area contributed by atoms with E-state index in [9.17, 15) is 13.2 Å². The van der Waals surface area contributed by atoms with Crippen molar-refractivity contribution >= 4 is 21.6 Å². The lowest BCUT2D eigenvalue weighted by molar-refractivity contribution is 0.0740. The second-order valence-corrected chi connectivity index (χ2v) is 7.04. The first kappa shape index (κ1) is 14.7. The van der Waals surface area contributed by atoms with E-state index in [1.165, 1.54) is 4.90 Å². The highest BCUT2D eigenvalue weighted by molar-refractivity contribution is 7.91. The maximum Gasteiger partial charge on any atom is 0.274 e. The van der Waals surface area contributed by atoms with Crippen molar-refractivity contribution in [2.24, 2.45) is 0 Å². The average Bonchev–Trinajstić information content (AvgIpc) is 2.79. The number of nitrogens with one attached hydrogen (secondary N) is 1. The van der Waals surface area contributed by atoms with Crippen molar-refractivity contribution < 1.29 is 13.2 Å². The van der Waals surface area contributed by atoms with Crippen molar-refractivity contribution in [1.82, 2.24) is 15.1 Å². The molecule has 8 heteroatoms. The van der Waals surface area contributed by atoms with Crippen LogP contribution in [0.5, 0.6) is 0 Å². The molecule has 0 bridgehead atoms. The zero-order chi connectivity index (χ0) is 14.8. The van der Waals surface area contributed by atoms with Gasteiger partial charge in [0.15, 0.2) is 15.5 Å². The Morgan fingerprint density at radius 1 is 1.45 bits per heavy atom. The zero-order valence-corrected chi connectivity index (χ0v) is 12.4. The molecule has 1 unspecified atom stereocenters. The van der Waals surface area contributed by atoms with Gasteiger partial charge in [-0.25, -0.2) is 8.42 Å². The number of anilines is 1. The second-order valence-electron chi connectivity index (χ2n) is 4.81. The number of carbonyl (C=O) groups excluding carboxylic acids is 1. The molecule has 0 aromatic carbocycles. The predicted molar refractivity (Wildman–Crippen MR) is 75.3 cm³/mol. The number of aromatic nitrogens is 2. The minimum atomic E-state index is -3.01. The quantitative estimate of drug-likeness (QED) is 0.851. The van der Waals surface area contributed by atoms with Gasteiger partial charge in [-0.2, -0.15) is 0 Å². The van der Waals surface area contributed by atoms with E-state index < -0.39 is 9.84 Å². The minimum Gasteiger partial charge on any atom is -0.369 e. The fourth-order valence-corrected chi connectivity index (χ4v) is 3.92. The largest absolute Gasteiger partial charge is 0.369 e. The maximum absolute atomic E-state index is 12.2. The third-order valence-electron chi connectivity index (χ3n) is 3.32. The van der Waals surface area contributed by atoms with Gasteiger partial charge >= 0.3 is 0 Å². The van der Waals surface area contributed by atoms with Gasteiger partial charge in [-0.1, -0.05) is 0 Å². The summed E-state index contributed by atoms with van der Waals surface area (Å²) in [4.78, 5) is 13.7. The monoisotopic (exact) mass is 298 g/mol. The van der Waals surface area contributed by atoms with Gasteiger partial charge in [0.05, 0.1) is 11.5 Å². The van der Waals surface area contributed by atoms with Gasteiger partial charge in [-0.15, -0.1) is 10.2 Å². The van der Waals surface area contributed by atoms with Crippen LogP contribution in [0.1, 0.15) is 23.8 Å². The number of nitrogens with zero attached hydrogens (tertiary/aromatic N) is 3. The molecule has 0 aliphatic carbocycles. The van der Waals surface area contributed by atoms with E-state index in [0.717, 1.165) is 6.54 Å². The lowest BCUT2D eigenvalue weighted by Gasteiger charge is -2.22. The molecule has 20 heavy (non-hydrogen) atoms. The molecule has 1 amide bonds. The topological polar surface area (TPSA) is 92.3 Å². The molecular formula is C12H18N4O3S. The third kappa shape index (κ3) is 3.24. The number of sulfone groups is 1. The van der Waals surface area contributed by atoms with E-state index in [1.54, 1.807) is 19.2 Å². The van der Waals surface area contributed by atoms with Crippen LogP contribution < -0.4 is 5.32 Å². The summed E-state index contributed by atoms with van der Waals surface area (Å²) in [6.45, 7) is 2.66. The highest BCUT2D eigenvalue weighted by Gasteiger charge is 2.33. The fraction of sp³-hybridized carbons (Fsp3) is 0.583. The SMILES string of the molecule is CCNc1ccc(C(=O)N(C)C2CCS(=O)(=O)C2)nn1. The first-order chi connectivity index (χ1) is 9.43. The molecule has 0 radical (unpaired) electrons. The maximum atomic E-state index is 12.2.